The maximum Gasteiger partial charge on any atom is 0.339 e. The van der Waals surface area contributed by atoms with Crippen molar-refractivity contribution in [3.05, 3.63) is 23.8 Å². The molecule has 3 rings (SSSR count). The third-order valence-corrected chi connectivity index (χ3v) is 4.70. The van der Waals surface area contributed by atoms with E-state index in [4.69, 9.17) is 14.2 Å². The fourth-order valence-electron chi connectivity index (χ4n) is 3.14. The first kappa shape index (κ1) is 16.6. The zero-order chi connectivity index (χ0) is 17.1. The lowest BCUT2D eigenvalue weighted by atomic mass is 9.86. The van der Waals surface area contributed by atoms with E-state index in [2.05, 4.69) is 12.2 Å². The van der Waals surface area contributed by atoms with Crippen molar-refractivity contribution in [2.24, 2.45) is 5.92 Å². The molecule has 0 aromatic heterocycles. The Morgan fingerprint density at radius 1 is 1.21 bits per heavy atom. The molecule has 2 aliphatic rings. The van der Waals surface area contributed by atoms with Crippen LogP contribution >= 0.6 is 0 Å². The number of fused-ring (bicyclic) bond motifs is 1. The number of ether oxygens (including phenoxy) is 3. The monoisotopic (exact) mass is 333 g/mol. The molecule has 0 saturated heterocycles. The molecule has 3 atom stereocenters. The van der Waals surface area contributed by atoms with Gasteiger partial charge in [-0.3, -0.25) is 4.79 Å². The minimum Gasteiger partial charge on any atom is -0.454 e. The number of nitrogens with one attached hydrogen (secondary N) is 1. The van der Waals surface area contributed by atoms with E-state index in [0.29, 0.717) is 23.0 Å². The van der Waals surface area contributed by atoms with Gasteiger partial charge in [-0.2, -0.15) is 0 Å². The Kier molecular flexibility index (Phi) is 4.92. The van der Waals surface area contributed by atoms with Gasteiger partial charge in [0, 0.05) is 6.04 Å². The van der Waals surface area contributed by atoms with E-state index in [1.165, 1.54) is 6.42 Å². The highest BCUT2D eigenvalue weighted by atomic mass is 16.7. The van der Waals surface area contributed by atoms with Crippen molar-refractivity contribution >= 4 is 11.9 Å². The molecule has 1 amide bonds. The molecule has 1 aliphatic carbocycles. The predicted octanol–water partition coefficient (Wildman–Crippen LogP) is 2.66. The van der Waals surface area contributed by atoms with Gasteiger partial charge in [-0.1, -0.05) is 19.8 Å². The first-order valence-corrected chi connectivity index (χ1v) is 8.45. The molecule has 1 aromatic rings. The van der Waals surface area contributed by atoms with Crippen molar-refractivity contribution in [2.45, 2.75) is 51.7 Å². The Morgan fingerprint density at radius 3 is 2.75 bits per heavy atom. The average molecular weight is 333 g/mol. The van der Waals surface area contributed by atoms with Crippen LogP contribution in [0.15, 0.2) is 18.2 Å². The van der Waals surface area contributed by atoms with Crippen molar-refractivity contribution in [1.82, 2.24) is 5.32 Å². The standard InChI is InChI=1S/C18H23NO5/c1-11-5-3-4-6-14(11)19-17(20)12(2)24-18(21)13-7-8-15-16(9-13)23-10-22-15/h7-9,11-12,14H,3-6,10H2,1-2H3,(H,19,20)/t11-,12+,14-/m1/s1. The molecule has 1 saturated carbocycles. The maximum absolute atomic E-state index is 12.3. The van der Waals surface area contributed by atoms with Crippen molar-refractivity contribution in [1.29, 1.82) is 0 Å². The zero-order valence-electron chi connectivity index (χ0n) is 14.0. The van der Waals surface area contributed by atoms with Crippen LogP contribution in [-0.2, 0) is 9.53 Å². The fraction of sp³-hybridized carbons (Fsp3) is 0.556. The van der Waals surface area contributed by atoms with Gasteiger partial charge >= 0.3 is 5.97 Å². The van der Waals surface area contributed by atoms with Gasteiger partial charge in [-0.05, 0) is 43.9 Å². The summed E-state index contributed by atoms with van der Waals surface area (Å²) in [4.78, 5) is 24.5. The number of rotatable bonds is 4. The van der Waals surface area contributed by atoms with Crippen LogP contribution in [-0.4, -0.2) is 30.8 Å². The number of hydrogen-bond acceptors (Lipinski definition) is 5. The highest BCUT2D eigenvalue weighted by molar-refractivity contribution is 5.93. The lowest BCUT2D eigenvalue weighted by Crippen LogP contribution is -2.45. The minimum atomic E-state index is -0.836. The molecule has 6 heteroatoms. The third-order valence-electron chi connectivity index (χ3n) is 4.70. The molecule has 1 N–H and O–H groups in total. The molecule has 1 fully saturated rings. The fourth-order valence-corrected chi connectivity index (χ4v) is 3.14. The lowest BCUT2D eigenvalue weighted by Gasteiger charge is -2.30. The second kappa shape index (κ2) is 7.11. The molecule has 0 unspecified atom stereocenters. The number of hydrogen-bond donors (Lipinski definition) is 1. The van der Waals surface area contributed by atoms with Crippen LogP contribution in [0.2, 0.25) is 0 Å². The second-order valence-corrected chi connectivity index (χ2v) is 6.49. The summed E-state index contributed by atoms with van der Waals surface area (Å²) in [7, 11) is 0. The molecule has 24 heavy (non-hydrogen) atoms. The quantitative estimate of drug-likeness (QED) is 0.858. The maximum atomic E-state index is 12.3. The van der Waals surface area contributed by atoms with Gasteiger partial charge < -0.3 is 19.5 Å². The van der Waals surface area contributed by atoms with Crippen LogP contribution in [0.4, 0.5) is 0 Å². The van der Waals surface area contributed by atoms with Gasteiger partial charge in [0.25, 0.3) is 5.91 Å². The van der Waals surface area contributed by atoms with E-state index < -0.39 is 12.1 Å². The number of carbonyl (C=O) groups excluding carboxylic acids is 2. The lowest BCUT2D eigenvalue weighted by molar-refractivity contribution is -0.130. The molecule has 0 bridgehead atoms. The molecular weight excluding hydrogens is 310 g/mol. The normalized spacial score (nSPS) is 23.4. The van der Waals surface area contributed by atoms with Crippen LogP contribution in [0.5, 0.6) is 11.5 Å². The Hall–Kier alpha value is -2.24. The number of amides is 1. The Balaban J connectivity index is 1.56. The molecule has 6 nitrogen and oxygen atoms in total. The van der Waals surface area contributed by atoms with Gasteiger partial charge in [0.1, 0.15) is 0 Å². The van der Waals surface area contributed by atoms with Crippen molar-refractivity contribution < 1.29 is 23.8 Å². The highest BCUT2D eigenvalue weighted by Gasteiger charge is 2.27. The summed E-state index contributed by atoms with van der Waals surface area (Å²) >= 11 is 0. The summed E-state index contributed by atoms with van der Waals surface area (Å²) < 4.78 is 15.7. The molecule has 1 aromatic carbocycles. The topological polar surface area (TPSA) is 73.9 Å². The third kappa shape index (κ3) is 3.63. The van der Waals surface area contributed by atoms with Gasteiger partial charge in [0.15, 0.2) is 17.6 Å². The van der Waals surface area contributed by atoms with Gasteiger partial charge in [0.05, 0.1) is 5.56 Å². The van der Waals surface area contributed by atoms with Crippen molar-refractivity contribution in [3.8, 4) is 11.5 Å². The molecular formula is C18H23NO5. The van der Waals surface area contributed by atoms with Crippen LogP contribution < -0.4 is 14.8 Å². The summed E-state index contributed by atoms with van der Waals surface area (Å²) in [6.07, 6.45) is 3.60. The average Bonchev–Trinajstić information content (AvgIpc) is 3.04. The van der Waals surface area contributed by atoms with Gasteiger partial charge in [-0.15, -0.1) is 0 Å². The first-order chi connectivity index (χ1) is 11.5. The molecule has 130 valence electrons. The van der Waals surface area contributed by atoms with Gasteiger partial charge in [0.2, 0.25) is 6.79 Å². The summed E-state index contributed by atoms with van der Waals surface area (Å²) in [6, 6.07) is 4.99. The smallest absolute Gasteiger partial charge is 0.339 e. The molecule has 1 aliphatic heterocycles. The van der Waals surface area contributed by atoms with Crippen LogP contribution in [0.1, 0.15) is 49.9 Å². The number of carbonyl (C=O) groups is 2. The van der Waals surface area contributed by atoms with Crippen LogP contribution in [0, 0.1) is 5.92 Å². The van der Waals surface area contributed by atoms with E-state index in [1.54, 1.807) is 25.1 Å². The highest BCUT2D eigenvalue weighted by Crippen LogP contribution is 2.32. The van der Waals surface area contributed by atoms with E-state index in [9.17, 15) is 9.59 Å². The molecule has 1 heterocycles. The van der Waals surface area contributed by atoms with Crippen LogP contribution in [0.25, 0.3) is 0 Å². The number of benzene rings is 1. The first-order valence-electron chi connectivity index (χ1n) is 8.45. The summed E-state index contributed by atoms with van der Waals surface area (Å²) in [5.41, 5.74) is 0.338. The van der Waals surface area contributed by atoms with E-state index in [-0.39, 0.29) is 18.7 Å². The SMILES string of the molecule is C[C@H](OC(=O)c1ccc2c(c1)OCO2)C(=O)N[C@@H]1CCCC[C@H]1C. The summed E-state index contributed by atoms with van der Waals surface area (Å²) in [5, 5.41) is 3.01. The van der Waals surface area contributed by atoms with Crippen LogP contribution in [0.3, 0.4) is 0 Å². The molecule has 0 spiro atoms. The van der Waals surface area contributed by atoms with E-state index in [0.717, 1.165) is 19.3 Å². The Morgan fingerprint density at radius 2 is 1.96 bits per heavy atom. The van der Waals surface area contributed by atoms with E-state index in [1.807, 2.05) is 0 Å². The van der Waals surface area contributed by atoms with E-state index >= 15 is 0 Å². The molecule has 0 radical (unpaired) electrons. The second-order valence-electron chi connectivity index (χ2n) is 6.49. The minimum absolute atomic E-state index is 0.145. The van der Waals surface area contributed by atoms with Gasteiger partial charge in [-0.25, -0.2) is 4.79 Å². The number of esters is 1. The summed E-state index contributed by atoms with van der Waals surface area (Å²) in [6.45, 7) is 3.88. The Labute approximate surface area is 141 Å². The largest absolute Gasteiger partial charge is 0.454 e. The van der Waals surface area contributed by atoms with Crippen molar-refractivity contribution in [3.63, 3.8) is 0 Å². The van der Waals surface area contributed by atoms with Crippen molar-refractivity contribution in [2.75, 3.05) is 6.79 Å². The Bertz CT molecular complexity index is 630. The zero-order valence-corrected chi connectivity index (χ0v) is 14.0. The predicted molar refractivity (Wildman–Crippen MR) is 87.0 cm³/mol. The summed E-state index contributed by atoms with van der Waals surface area (Å²) in [5.74, 6) is 0.774.